The molecule has 1 fully saturated rings. The van der Waals surface area contributed by atoms with Crippen molar-refractivity contribution in [3.63, 3.8) is 0 Å². The molecule has 0 heterocycles. The summed E-state index contributed by atoms with van der Waals surface area (Å²) in [5.74, 6) is 0. The molecule has 0 aliphatic heterocycles. The van der Waals surface area contributed by atoms with E-state index in [1.54, 1.807) is 0 Å². The Balaban J connectivity index is 2.20. The number of hydrogen-bond acceptors (Lipinski definition) is 2. The number of anilines is 1. The zero-order chi connectivity index (χ0) is 13.8. The minimum absolute atomic E-state index is 0.545. The summed E-state index contributed by atoms with van der Waals surface area (Å²) in [6.07, 6.45) is 3.80. The number of nitrogens with zero attached hydrogens (tertiary/aromatic N) is 1. The lowest BCUT2D eigenvalue weighted by Gasteiger charge is -2.31. The van der Waals surface area contributed by atoms with Crippen LogP contribution in [0.15, 0.2) is 18.2 Å². The standard InChI is InChI=1S/C16H25ClN2/c1-4-12(3)19(5-2)16-10-14(17)7-6-13(16)11-18-15-8-9-15/h6-7,10,12,15,18H,4-5,8-9,11H2,1-3H3. The Labute approximate surface area is 122 Å². The van der Waals surface area contributed by atoms with E-state index < -0.39 is 0 Å². The van der Waals surface area contributed by atoms with Crippen LogP contribution in [0.3, 0.4) is 0 Å². The first-order valence-electron chi connectivity index (χ1n) is 7.44. The van der Waals surface area contributed by atoms with Gasteiger partial charge in [0, 0.05) is 35.9 Å². The van der Waals surface area contributed by atoms with Gasteiger partial charge in [-0.15, -0.1) is 0 Å². The first kappa shape index (κ1) is 14.7. The third-order valence-electron chi connectivity index (χ3n) is 3.98. The van der Waals surface area contributed by atoms with Crippen LogP contribution >= 0.6 is 11.6 Å². The minimum Gasteiger partial charge on any atom is -0.369 e. The van der Waals surface area contributed by atoms with Crippen molar-refractivity contribution in [2.45, 2.75) is 58.7 Å². The molecule has 0 spiro atoms. The number of halogens is 1. The van der Waals surface area contributed by atoms with Gasteiger partial charge in [0.05, 0.1) is 0 Å². The van der Waals surface area contributed by atoms with Gasteiger partial charge in [-0.1, -0.05) is 24.6 Å². The maximum Gasteiger partial charge on any atom is 0.0429 e. The Hall–Kier alpha value is -0.730. The zero-order valence-electron chi connectivity index (χ0n) is 12.2. The summed E-state index contributed by atoms with van der Waals surface area (Å²) in [5, 5.41) is 4.42. The van der Waals surface area contributed by atoms with E-state index in [1.807, 2.05) is 6.07 Å². The predicted molar refractivity (Wildman–Crippen MR) is 84.1 cm³/mol. The third-order valence-corrected chi connectivity index (χ3v) is 4.21. The van der Waals surface area contributed by atoms with E-state index in [0.29, 0.717) is 6.04 Å². The summed E-state index contributed by atoms with van der Waals surface area (Å²) in [6.45, 7) is 8.70. The van der Waals surface area contributed by atoms with Crippen molar-refractivity contribution in [2.75, 3.05) is 11.4 Å². The molecule has 1 aliphatic rings. The second kappa shape index (κ2) is 6.62. The highest BCUT2D eigenvalue weighted by Gasteiger charge is 2.21. The fraction of sp³-hybridized carbons (Fsp3) is 0.625. The molecule has 1 aliphatic carbocycles. The smallest absolute Gasteiger partial charge is 0.0429 e. The molecule has 2 rings (SSSR count). The first-order chi connectivity index (χ1) is 9.15. The van der Waals surface area contributed by atoms with Gasteiger partial charge >= 0.3 is 0 Å². The lowest BCUT2D eigenvalue weighted by molar-refractivity contribution is 0.621. The molecule has 1 aromatic carbocycles. The molecule has 3 heteroatoms. The van der Waals surface area contributed by atoms with E-state index in [2.05, 4.69) is 43.1 Å². The topological polar surface area (TPSA) is 15.3 Å². The van der Waals surface area contributed by atoms with Crippen LogP contribution in [0, 0.1) is 0 Å². The van der Waals surface area contributed by atoms with E-state index in [1.165, 1.54) is 24.1 Å². The van der Waals surface area contributed by atoms with Crippen molar-refractivity contribution in [3.05, 3.63) is 28.8 Å². The second-order valence-corrected chi connectivity index (χ2v) is 5.91. The van der Waals surface area contributed by atoms with Crippen LogP contribution in [-0.2, 0) is 6.54 Å². The molecule has 2 nitrogen and oxygen atoms in total. The summed E-state index contributed by atoms with van der Waals surface area (Å²) in [6, 6.07) is 7.56. The largest absolute Gasteiger partial charge is 0.369 e. The average molecular weight is 281 g/mol. The normalized spacial score (nSPS) is 16.4. The SMILES string of the molecule is CCC(C)N(CC)c1cc(Cl)ccc1CNC1CC1. The molecule has 1 aromatic rings. The number of rotatable bonds is 7. The van der Waals surface area contributed by atoms with Crippen LogP contribution in [0.4, 0.5) is 5.69 Å². The number of nitrogens with one attached hydrogen (secondary N) is 1. The molecular formula is C16H25ClN2. The Morgan fingerprint density at radius 1 is 1.37 bits per heavy atom. The lowest BCUT2D eigenvalue weighted by Crippen LogP contribution is -2.33. The summed E-state index contributed by atoms with van der Waals surface area (Å²) < 4.78 is 0. The number of hydrogen-bond donors (Lipinski definition) is 1. The second-order valence-electron chi connectivity index (χ2n) is 5.47. The van der Waals surface area contributed by atoms with Crippen molar-refractivity contribution in [2.24, 2.45) is 0 Å². The van der Waals surface area contributed by atoms with E-state index >= 15 is 0 Å². The van der Waals surface area contributed by atoms with Crippen LogP contribution in [0.5, 0.6) is 0 Å². The third kappa shape index (κ3) is 3.87. The van der Waals surface area contributed by atoms with E-state index in [-0.39, 0.29) is 0 Å². The van der Waals surface area contributed by atoms with Gasteiger partial charge in [0.2, 0.25) is 0 Å². The maximum absolute atomic E-state index is 6.19. The monoisotopic (exact) mass is 280 g/mol. The molecular weight excluding hydrogens is 256 g/mol. The molecule has 1 saturated carbocycles. The summed E-state index contributed by atoms with van der Waals surface area (Å²) >= 11 is 6.19. The highest BCUT2D eigenvalue weighted by molar-refractivity contribution is 6.30. The molecule has 106 valence electrons. The van der Waals surface area contributed by atoms with Crippen molar-refractivity contribution in [1.29, 1.82) is 0 Å². The van der Waals surface area contributed by atoms with E-state index in [4.69, 9.17) is 11.6 Å². The van der Waals surface area contributed by atoms with Crippen LogP contribution in [-0.4, -0.2) is 18.6 Å². The Morgan fingerprint density at radius 3 is 2.68 bits per heavy atom. The zero-order valence-corrected chi connectivity index (χ0v) is 13.0. The summed E-state index contributed by atoms with van der Waals surface area (Å²) in [7, 11) is 0. The van der Waals surface area contributed by atoms with Crippen LogP contribution in [0.25, 0.3) is 0 Å². The number of benzene rings is 1. The van der Waals surface area contributed by atoms with Crippen LogP contribution in [0.1, 0.15) is 45.6 Å². The molecule has 1 unspecified atom stereocenters. The summed E-state index contributed by atoms with van der Waals surface area (Å²) in [4.78, 5) is 2.45. The van der Waals surface area contributed by atoms with Gasteiger partial charge in [-0.2, -0.15) is 0 Å². The Bertz CT molecular complexity index is 415. The molecule has 0 bridgehead atoms. The van der Waals surface area contributed by atoms with Crippen LogP contribution < -0.4 is 10.2 Å². The highest BCUT2D eigenvalue weighted by atomic mass is 35.5. The van der Waals surface area contributed by atoms with Crippen molar-refractivity contribution < 1.29 is 0 Å². The highest BCUT2D eigenvalue weighted by Crippen LogP contribution is 2.28. The Kier molecular flexibility index (Phi) is 5.12. The van der Waals surface area contributed by atoms with Crippen molar-refractivity contribution >= 4 is 17.3 Å². The van der Waals surface area contributed by atoms with Gasteiger partial charge in [-0.05, 0) is 50.8 Å². The minimum atomic E-state index is 0.545. The Morgan fingerprint density at radius 2 is 2.11 bits per heavy atom. The van der Waals surface area contributed by atoms with E-state index in [0.717, 1.165) is 30.6 Å². The van der Waals surface area contributed by atoms with Gasteiger partial charge in [-0.3, -0.25) is 0 Å². The van der Waals surface area contributed by atoms with Gasteiger partial charge in [0.1, 0.15) is 0 Å². The van der Waals surface area contributed by atoms with Crippen LogP contribution in [0.2, 0.25) is 5.02 Å². The quantitative estimate of drug-likeness (QED) is 0.805. The summed E-state index contributed by atoms with van der Waals surface area (Å²) in [5.41, 5.74) is 2.65. The van der Waals surface area contributed by atoms with E-state index in [9.17, 15) is 0 Å². The molecule has 0 amide bonds. The molecule has 0 radical (unpaired) electrons. The molecule has 1 atom stereocenters. The molecule has 0 saturated heterocycles. The molecule has 0 aromatic heterocycles. The van der Waals surface area contributed by atoms with Crippen molar-refractivity contribution in [3.8, 4) is 0 Å². The molecule has 1 N–H and O–H groups in total. The maximum atomic E-state index is 6.19. The average Bonchev–Trinajstić information content (AvgIpc) is 3.22. The molecule has 19 heavy (non-hydrogen) atoms. The lowest BCUT2D eigenvalue weighted by atomic mass is 10.1. The predicted octanol–water partition coefficient (Wildman–Crippen LogP) is 4.22. The van der Waals surface area contributed by atoms with Gasteiger partial charge < -0.3 is 10.2 Å². The fourth-order valence-corrected chi connectivity index (χ4v) is 2.60. The fourth-order valence-electron chi connectivity index (χ4n) is 2.44. The van der Waals surface area contributed by atoms with Crippen molar-refractivity contribution in [1.82, 2.24) is 5.32 Å². The first-order valence-corrected chi connectivity index (χ1v) is 7.82. The van der Waals surface area contributed by atoms with Gasteiger partial charge in [0.15, 0.2) is 0 Å². The van der Waals surface area contributed by atoms with Gasteiger partial charge in [0.25, 0.3) is 0 Å². The van der Waals surface area contributed by atoms with Gasteiger partial charge in [-0.25, -0.2) is 0 Å².